The zero-order valence-corrected chi connectivity index (χ0v) is 25.1. The molecule has 0 aliphatic heterocycles. The number of hydrogen-bond acceptors (Lipinski definition) is 4. The standard InChI is InChI=1S/C32H45ClN4O/c1-8-23(16-24-11-10-21(3)29-20-36(7)34-32(24)29)17-31(38)28-18-25(33)19-30(22(28)4)37(9-2)27-14-12-26(13-15-27)35(5)6/h10-11,18-20,23,26-27H,8-9,12-17H2,1-7H3. The van der Waals surface area contributed by atoms with Gasteiger partial charge in [0.25, 0.3) is 0 Å². The highest BCUT2D eigenvalue weighted by molar-refractivity contribution is 6.31. The van der Waals surface area contributed by atoms with Crippen LogP contribution >= 0.6 is 11.6 Å². The molecule has 6 heteroatoms. The first-order valence-corrected chi connectivity index (χ1v) is 14.7. The molecule has 1 aliphatic carbocycles. The van der Waals surface area contributed by atoms with Crippen molar-refractivity contribution >= 4 is 34.0 Å². The molecule has 1 heterocycles. The molecular weight excluding hydrogens is 492 g/mol. The van der Waals surface area contributed by atoms with Gasteiger partial charge < -0.3 is 9.80 Å². The van der Waals surface area contributed by atoms with E-state index in [2.05, 4.69) is 76.0 Å². The predicted molar refractivity (Wildman–Crippen MR) is 161 cm³/mol. The van der Waals surface area contributed by atoms with Crippen LogP contribution in [0.2, 0.25) is 5.02 Å². The third-order valence-electron chi connectivity index (χ3n) is 8.79. The van der Waals surface area contributed by atoms with E-state index in [1.165, 1.54) is 42.2 Å². The third kappa shape index (κ3) is 6.10. The first-order chi connectivity index (χ1) is 18.1. The van der Waals surface area contributed by atoms with Crippen LogP contribution in [0.5, 0.6) is 0 Å². The second kappa shape index (κ2) is 12.2. The highest BCUT2D eigenvalue weighted by Crippen LogP contribution is 2.35. The first-order valence-electron chi connectivity index (χ1n) is 14.3. The molecule has 0 spiro atoms. The number of aromatic nitrogens is 2. The largest absolute Gasteiger partial charge is 0.369 e. The second-order valence-corrected chi connectivity index (χ2v) is 12.0. The van der Waals surface area contributed by atoms with Crippen LogP contribution in [0.1, 0.15) is 79.4 Å². The maximum atomic E-state index is 13.8. The quantitative estimate of drug-likeness (QED) is 0.253. The third-order valence-corrected chi connectivity index (χ3v) is 9.00. The Morgan fingerprint density at radius 2 is 1.79 bits per heavy atom. The molecule has 3 aromatic rings. The Hall–Kier alpha value is -2.37. The topological polar surface area (TPSA) is 41.4 Å². The normalized spacial score (nSPS) is 18.8. The SMILES string of the molecule is CCC(CC(=O)c1cc(Cl)cc(N(CC)C2CCC(N(C)C)CC2)c1C)Cc1ccc(C)c2cn(C)nc12. The summed E-state index contributed by atoms with van der Waals surface area (Å²) in [4.78, 5) is 18.6. The van der Waals surface area contributed by atoms with E-state index in [0.717, 1.165) is 41.7 Å². The fraction of sp³-hybridized carbons (Fsp3) is 0.562. The van der Waals surface area contributed by atoms with Crippen molar-refractivity contribution in [3.63, 3.8) is 0 Å². The molecule has 0 N–H and O–H groups in total. The summed E-state index contributed by atoms with van der Waals surface area (Å²) in [6.07, 6.45) is 9.14. The molecule has 0 bridgehead atoms. The van der Waals surface area contributed by atoms with Gasteiger partial charge in [-0.25, -0.2) is 0 Å². The average molecular weight is 537 g/mol. The molecule has 5 nitrogen and oxygen atoms in total. The number of fused-ring (bicyclic) bond motifs is 1. The Labute approximate surface area is 234 Å². The number of carbonyl (C=O) groups excluding carboxylic acids is 1. The summed E-state index contributed by atoms with van der Waals surface area (Å²) in [5, 5.41) is 6.57. The van der Waals surface area contributed by atoms with Crippen molar-refractivity contribution in [1.82, 2.24) is 14.7 Å². The Balaban J connectivity index is 1.54. The molecule has 1 atom stereocenters. The van der Waals surface area contributed by atoms with Crippen molar-refractivity contribution in [3.8, 4) is 0 Å². The van der Waals surface area contributed by atoms with Crippen LogP contribution in [0, 0.1) is 19.8 Å². The molecule has 1 fully saturated rings. The summed E-state index contributed by atoms with van der Waals surface area (Å²) in [5.74, 6) is 0.440. The van der Waals surface area contributed by atoms with E-state index in [1.54, 1.807) is 0 Å². The Morgan fingerprint density at radius 3 is 2.42 bits per heavy atom. The van der Waals surface area contributed by atoms with Gasteiger partial charge in [-0.15, -0.1) is 0 Å². The summed E-state index contributed by atoms with van der Waals surface area (Å²) in [6, 6.07) is 9.46. The number of carbonyl (C=O) groups is 1. The zero-order chi connectivity index (χ0) is 27.6. The minimum Gasteiger partial charge on any atom is -0.369 e. The summed E-state index contributed by atoms with van der Waals surface area (Å²) >= 11 is 6.66. The minimum atomic E-state index is 0.190. The average Bonchev–Trinajstić information content (AvgIpc) is 3.30. The molecule has 206 valence electrons. The molecule has 4 rings (SSSR count). The van der Waals surface area contributed by atoms with E-state index in [9.17, 15) is 4.79 Å². The van der Waals surface area contributed by atoms with Gasteiger partial charge in [0.1, 0.15) is 0 Å². The minimum absolute atomic E-state index is 0.190. The van der Waals surface area contributed by atoms with Gasteiger partial charge in [-0.2, -0.15) is 5.10 Å². The zero-order valence-electron chi connectivity index (χ0n) is 24.4. The predicted octanol–water partition coefficient (Wildman–Crippen LogP) is 7.38. The van der Waals surface area contributed by atoms with Gasteiger partial charge >= 0.3 is 0 Å². The molecule has 0 saturated heterocycles. The molecule has 2 aromatic carbocycles. The van der Waals surface area contributed by atoms with E-state index in [1.807, 2.05) is 17.8 Å². The number of nitrogens with zero attached hydrogens (tertiary/aromatic N) is 4. The monoisotopic (exact) mass is 536 g/mol. The lowest BCUT2D eigenvalue weighted by Crippen LogP contribution is -2.42. The van der Waals surface area contributed by atoms with Gasteiger partial charge in [-0.1, -0.05) is 37.1 Å². The summed E-state index contributed by atoms with van der Waals surface area (Å²) in [5.41, 5.74) is 6.48. The van der Waals surface area contributed by atoms with E-state index < -0.39 is 0 Å². The molecule has 0 radical (unpaired) electrons. The fourth-order valence-electron chi connectivity index (χ4n) is 6.38. The maximum Gasteiger partial charge on any atom is 0.163 e. The fourth-order valence-corrected chi connectivity index (χ4v) is 6.59. The van der Waals surface area contributed by atoms with Crippen LogP contribution in [-0.2, 0) is 13.5 Å². The number of ketones is 1. The number of anilines is 1. The van der Waals surface area contributed by atoms with Crippen LogP contribution in [0.3, 0.4) is 0 Å². The Bertz CT molecular complexity index is 1270. The molecule has 1 aliphatic rings. The number of benzene rings is 2. The van der Waals surface area contributed by atoms with Crippen molar-refractivity contribution in [2.24, 2.45) is 13.0 Å². The van der Waals surface area contributed by atoms with E-state index in [0.29, 0.717) is 23.5 Å². The smallest absolute Gasteiger partial charge is 0.163 e. The molecule has 0 amide bonds. The van der Waals surface area contributed by atoms with Gasteiger partial charge in [-0.3, -0.25) is 9.48 Å². The van der Waals surface area contributed by atoms with E-state index >= 15 is 0 Å². The van der Waals surface area contributed by atoms with Crippen molar-refractivity contribution < 1.29 is 4.79 Å². The molecular formula is C32H45ClN4O. The lowest BCUT2D eigenvalue weighted by molar-refractivity contribution is 0.0959. The van der Waals surface area contributed by atoms with Gasteiger partial charge in [0.15, 0.2) is 5.78 Å². The van der Waals surface area contributed by atoms with Crippen LogP contribution in [0.4, 0.5) is 5.69 Å². The van der Waals surface area contributed by atoms with Crippen molar-refractivity contribution in [1.29, 1.82) is 0 Å². The van der Waals surface area contributed by atoms with E-state index in [-0.39, 0.29) is 11.7 Å². The Morgan fingerprint density at radius 1 is 1.11 bits per heavy atom. The summed E-state index contributed by atoms with van der Waals surface area (Å²) < 4.78 is 1.89. The van der Waals surface area contributed by atoms with Crippen molar-refractivity contribution in [2.45, 2.75) is 84.7 Å². The molecule has 1 unspecified atom stereocenters. The molecule has 38 heavy (non-hydrogen) atoms. The van der Waals surface area contributed by atoms with Crippen LogP contribution < -0.4 is 4.90 Å². The van der Waals surface area contributed by atoms with Crippen LogP contribution in [-0.4, -0.2) is 53.2 Å². The van der Waals surface area contributed by atoms with Gasteiger partial charge in [0.05, 0.1) is 5.52 Å². The number of Topliss-reactive ketones (excluding diaryl/α,β-unsaturated/α-hetero) is 1. The van der Waals surface area contributed by atoms with Crippen molar-refractivity contribution in [3.05, 3.63) is 57.7 Å². The highest BCUT2D eigenvalue weighted by atomic mass is 35.5. The highest BCUT2D eigenvalue weighted by Gasteiger charge is 2.28. The van der Waals surface area contributed by atoms with Crippen LogP contribution in [0.25, 0.3) is 10.9 Å². The lowest BCUT2D eigenvalue weighted by Gasteiger charge is -2.40. The second-order valence-electron chi connectivity index (χ2n) is 11.5. The first kappa shape index (κ1) is 28.6. The maximum absolute atomic E-state index is 13.8. The summed E-state index contributed by atoms with van der Waals surface area (Å²) in [7, 11) is 6.34. The van der Waals surface area contributed by atoms with E-state index in [4.69, 9.17) is 16.7 Å². The van der Waals surface area contributed by atoms with Crippen molar-refractivity contribution in [2.75, 3.05) is 25.5 Å². The number of rotatable bonds is 10. The number of aryl methyl sites for hydroxylation is 2. The lowest BCUT2D eigenvalue weighted by atomic mass is 9.87. The molecule has 1 aromatic heterocycles. The number of hydrogen-bond donors (Lipinski definition) is 0. The van der Waals surface area contributed by atoms with Gasteiger partial charge in [0, 0.05) is 60.0 Å². The Kier molecular flexibility index (Phi) is 9.20. The van der Waals surface area contributed by atoms with Gasteiger partial charge in [0.2, 0.25) is 0 Å². The van der Waals surface area contributed by atoms with Gasteiger partial charge in [-0.05, 0) is 102 Å². The number of halogens is 1. The molecule has 1 saturated carbocycles. The summed E-state index contributed by atoms with van der Waals surface area (Å²) in [6.45, 7) is 9.54. The van der Waals surface area contributed by atoms with Crippen LogP contribution in [0.15, 0.2) is 30.5 Å².